The van der Waals surface area contributed by atoms with Crippen LogP contribution in [0.3, 0.4) is 0 Å². The molecule has 1 N–H and O–H groups in total. The van der Waals surface area contributed by atoms with Crippen LogP contribution in [0.2, 0.25) is 0 Å². The summed E-state index contributed by atoms with van der Waals surface area (Å²) in [6.07, 6.45) is 6.08. The summed E-state index contributed by atoms with van der Waals surface area (Å²) in [5.41, 5.74) is 0.525. The molecule has 1 atom stereocenters. The average molecular weight is 235 g/mol. The Bertz CT molecular complexity index is 278. The molecular weight excluding hydrogens is 210 g/mol. The minimum atomic E-state index is 0.0671. The van der Waals surface area contributed by atoms with Crippen molar-refractivity contribution in [2.24, 2.45) is 5.41 Å². The molecule has 2 rings (SSSR count). The first-order valence-electron chi connectivity index (χ1n) is 6.97. The Labute approximate surface area is 105 Å². The minimum absolute atomic E-state index is 0.0671. The predicted octanol–water partition coefficient (Wildman–Crippen LogP) is 2.14. The van der Waals surface area contributed by atoms with Crippen LogP contribution in [0.25, 0.3) is 0 Å². The SMILES string of the molecule is CC1(C)CCN(CCC(C#N)NC2CC2)CC1. The molecule has 0 aromatic rings. The average Bonchev–Trinajstić information content (AvgIpc) is 3.09. The zero-order valence-electron chi connectivity index (χ0n) is 11.2. The van der Waals surface area contributed by atoms with Gasteiger partial charge in [0, 0.05) is 12.6 Å². The van der Waals surface area contributed by atoms with Crippen LogP contribution in [0.4, 0.5) is 0 Å². The molecule has 1 aliphatic carbocycles. The summed E-state index contributed by atoms with van der Waals surface area (Å²) >= 11 is 0. The van der Waals surface area contributed by atoms with Crippen molar-refractivity contribution in [3.63, 3.8) is 0 Å². The molecule has 2 fully saturated rings. The molecule has 0 spiro atoms. The summed E-state index contributed by atoms with van der Waals surface area (Å²) in [7, 11) is 0. The van der Waals surface area contributed by atoms with Gasteiger partial charge in [0.1, 0.15) is 0 Å². The number of hydrogen-bond acceptors (Lipinski definition) is 3. The van der Waals surface area contributed by atoms with Crippen molar-refractivity contribution in [3.05, 3.63) is 0 Å². The molecule has 2 aliphatic rings. The zero-order chi connectivity index (χ0) is 12.3. The topological polar surface area (TPSA) is 39.1 Å². The molecule has 0 bridgehead atoms. The molecule has 3 heteroatoms. The lowest BCUT2D eigenvalue weighted by Crippen LogP contribution is -2.40. The smallest absolute Gasteiger partial charge is 0.0967 e. The normalized spacial score (nSPS) is 26.4. The molecule has 1 saturated carbocycles. The van der Waals surface area contributed by atoms with Gasteiger partial charge in [-0.1, -0.05) is 13.8 Å². The van der Waals surface area contributed by atoms with Crippen molar-refractivity contribution in [3.8, 4) is 6.07 Å². The Balaban J connectivity index is 1.65. The van der Waals surface area contributed by atoms with Crippen LogP contribution in [0.1, 0.15) is 46.0 Å². The highest BCUT2D eigenvalue weighted by molar-refractivity contribution is 4.96. The van der Waals surface area contributed by atoms with E-state index < -0.39 is 0 Å². The van der Waals surface area contributed by atoms with Crippen molar-refractivity contribution >= 4 is 0 Å². The second kappa shape index (κ2) is 5.37. The minimum Gasteiger partial charge on any atom is -0.303 e. The third-order valence-corrected chi connectivity index (χ3v) is 4.11. The van der Waals surface area contributed by atoms with Crippen LogP contribution in [-0.2, 0) is 0 Å². The van der Waals surface area contributed by atoms with Gasteiger partial charge in [0.25, 0.3) is 0 Å². The summed E-state index contributed by atoms with van der Waals surface area (Å²) in [5, 5.41) is 12.5. The third-order valence-electron chi connectivity index (χ3n) is 4.11. The van der Waals surface area contributed by atoms with Gasteiger partial charge in [-0.2, -0.15) is 5.26 Å². The van der Waals surface area contributed by atoms with Crippen molar-refractivity contribution in [2.45, 2.75) is 58.0 Å². The second-order valence-electron chi connectivity index (χ2n) is 6.42. The van der Waals surface area contributed by atoms with Crippen LogP contribution in [-0.4, -0.2) is 36.6 Å². The van der Waals surface area contributed by atoms with Crippen LogP contribution in [0, 0.1) is 16.7 Å². The Kier molecular flexibility index (Phi) is 4.06. The first-order valence-corrected chi connectivity index (χ1v) is 6.97. The quantitative estimate of drug-likeness (QED) is 0.793. The molecule has 0 radical (unpaired) electrons. The lowest BCUT2D eigenvalue weighted by atomic mass is 9.82. The number of hydrogen-bond donors (Lipinski definition) is 1. The van der Waals surface area contributed by atoms with E-state index in [2.05, 4.69) is 30.1 Å². The molecule has 0 aromatic carbocycles. The predicted molar refractivity (Wildman–Crippen MR) is 69.6 cm³/mol. The first-order chi connectivity index (χ1) is 8.09. The van der Waals surface area contributed by atoms with Gasteiger partial charge < -0.3 is 4.90 Å². The number of rotatable bonds is 5. The summed E-state index contributed by atoms with van der Waals surface area (Å²) in [6, 6.07) is 3.10. The van der Waals surface area contributed by atoms with Crippen molar-refractivity contribution in [1.29, 1.82) is 5.26 Å². The van der Waals surface area contributed by atoms with Gasteiger partial charge in [0.15, 0.2) is 0 Å². The molecule has 17 heavy (non-hydrogen) atoms. The van der Waals surface area contributed by atoms with Gasteiger partial charge >= 0.3 is 0 Å². The highest BCUT2D eigenvalue weighted by atomic mass is 15.1. The summed E-state index contributed by atoms with van der Waals surface area (Å²) in [4.78, 5) is 2.52. The van der Waals surface area contributed by atoms with Crippen LogP contribution in [0.5, 0.6) is 0 Å². The zero-order valence-corrected chi connectivity index (χ0v) is 11.2. The highest BCUT2D eigenvalue weighted by Gasteiger charge is 2.27. The van der Waals surface area contributed by atoms with E-state index in [1.165, 1.54) is 38.8 Å². The fourth-order valence-corrected chi connectivity index (χ4v) is 2.41. The molecule has 1 saturated heterocycles. The highest BCUT2D eigenvalue weighted by Crippen LogP contribution is 2.29. The molecule has 1 unspecified atom stereocenters. The van der Waals surface area contributed by atoms with Crippen molar-refractivity contribution < 1.29 is 0 Å². The fourth-order valence-electron chi connectivity index (χ4n) is 2.41. The number of nitrogens with zero attached hydrogens (tertiary/aromatic N) is 2. The summed E-state index contributed by atoms with van der Waals surface area (Å²) in [5.74, 6) is 0. The van der Waals surface area contributed by atoms with Crippen molar-refractivity contribution in [2.75, 3.05) is 19.6 Å². The first kappa shape index (κ1) is 12.9. The van der Waals surface area contributed by atoms with Gasteiger partial charge in [-0.05, 0) is 50.6 Å². The second-order valence-corrected chi connectivity index (χ2v) is 6.42. The molecule has 96 valence electrons. The standard InChI is InChI=1S/C14H25N3/c1-14(2)6-9-17(10-7-14)8-5-13(11-15)16-12-3-4-12/h12-13,16H,3-10H2,1-2H3. The maximum Gasteiger partial charge on any atom is 0.0967 e. The van der Waals surface area contributed by atoms with E-state index in [9.17, 15) is 0 Å². The maximum absolute atomic E-state index is 9.08. The molecular formula is C14H25N3. The van der Waals surface area contributed by atoms with Gasteiger partial charge in [-0.25, -0.2) is 0 Å². The Morgan fingerprint density at radius 3 is 2.53 bits per heavy atom. The molecule has 0 amide bonds. The Hall–Kier alpha value is -0.590. The third kappa shape index (κ3) is 4.29. The van der Waals surface area contributed by atoms with Crippen LogP contribution in [0.15, 0.2) is 0 Å². The molecule has 3 nitrogen and oxygen atoms in total. The molecule has 1 aliphatic heterocycles. The number of nitriles is 1. The van der Waals surface area contributed by atoms with Gasteiger partial charge in [0.2, 0.25) is 0 Å². The van der Waals surface area contributed by atoms with E-state index >= 15 is 0 Å². The number of likely N-dealkylation sites (tertiary alicyclic amines) is 1. The van der Waals surface area contributed by atoms with Crippen LogP contribution < -0.4 is 5.32 Å². The van der Waals surface area contributed by atoms with E-state index in [-0.39, 0.29) is 6.04 Å². The fraction of sp³-hybridized carbons (Fsp3) is 0.929. The van der Waals surface area contributed by atoms with E-state index in [0.29, 0.717) is 11.5 Å². The lowest BCUT2D eigenvalue weighted by molar-refractivity contribution is 0.130. The van der Waals surface area contributed by atoms with Crippen LogP contribution >= 0.6 is 0 Å². The monoisotopic (exact) mass is 235 g/mol. The molecule has 0 aromatic heterocycles. The Morgan fingerprint density at radius 2 is 2.00 bits per heavy atom. The number of piperidine rings is 1. The largest absolute Gasteiger partial charge is 0.303 e. The number of nitrogens with one attached hydrogen (secondary N) is 1. The summed E-state index contributed by atoms with van der Waals surface area (Å²) in [6.45, 7) is 8.20. The maximum atomic E-state index is 9.08. The van der Waals surface area contributed by atoms with E-state index in [4.69, 9.17) is 5.26 Å². The van der Waals surface area contributed by atoms with E-state index in [1.54, 1.807) is 0 Å². The van der Waals surface area contributed by atoms with E-state index in [0.717, 1.165) is 13.0 Å². The van der Waals surface area contributed by atoms with Gasteiger partial charge in [-0.3, -0.25) is 5.32 Å². The van der Waals surface area contributed by atoms with Gasteiger partial charge in [-0.15, -0.1) is 0 Å². The summed E-state index contributed by atoms with van der Waals surface area (Å²) < 4.78 is 0. The Morgan fingerprint density at radius 1 is 1.35 bits per heavy atom. The molecule has 1 heterocycles. The lowest BCUT2D eigenvalue weighted by Gasteiger charge is -2.37. The van der Waals surface area contributed by atoms with E-state index in [1.807, 2.05) is 0 Å². The van der Waals surface area contributed by atoms with Crippen molar-refractivity contribution in [1.82, 2.24) is 10.2 Å². The van der Waals surface area contributed by atoms with Gasteiger partial charge in [0.05, 0.1) is 12.1 Å².